The second-order valence-corrected chi connectivity index (χ2v) is 4.02. The highest BCUT2D eigenvalue weighted by molar-refractivity contribution is 5.88. The number of rotatable bonds is 2. The SMILES string of the molecule is C=C(c1ccccc1)c1ccc2c(c1)C=C2. The Bertz CT molecular complexity index is 574. The molecule has 0 aromatic heterocycles. The summed E-state index contributed by atoms with van der Waals surface area (Å²) in [6.07, 6.45) is 4.27. The fourth-order valence-corrected chi connectivity index (χ4v) is 1.95. The van der Waals surface area contributed by atoms with Crippen molar-refractivity contribution in [3.8, 4) is 0 Å². The van der Waals surface area contributed by atoms with E-state index in [4.69, 9.17) is 0 Å². The molecule has 0 radical (unpaired) electrons. The molecule has 3 rings (SSSR count). The van der Waals surface area contributed by atoms with Gasteiger partial charge in [-0.25, -0.2) is 0 Å². The van der Waals surface area contributed by atoms with Crippen LogP contribution in [0.4, 0.5) is 0 Å². The van der Waals surface area contributed by atoms with E-state index < -0.39 is 0 Å². The van der Waals surface area contributed by atoms with Crippen LogP contribution in [0.2, 0.25) is 0 Å². The van der Waals surface area contributed by atoms with Crippen molar-refractivity contribution in [1.82, 2.24) is 0 Å². The van der Waals surface area contributed by atoms with Crippen LogP contribution in [0.1, 0.15) is 22.3 Å². The lowest BCUT2D eigenvalue weighted by molar-refractivity contribution is 1.51. The minimum absolute atomic E-state index is 1.09. The van der Waals surface area contributed by atoms with Gasteiger partial charge >= 0.3 is 0 Å². The predicted molar refractivity (Wildman–Crippen MR) is 69.9 cm³/mol. The Labute approximate surface area is 95.6 Å². The summed E-state index contributed by atoms with van der Waals surface area (Å²) in [7, 11) is 0. The Morgan fingerprint density at radius 3 is 2.12 bits per heavy atom. The maximum absolute atomic E-state index is 4.17. The number of benzene rings is 2. The van der Waals surface area contributed by atoms with Gasteiger partial charge in [-0.15, -0.1) is 0 Å². The van der Waals surface area contributed by atoms with Crippen LogP contribution >= 0.6 is 0 Å². The molecule has 0 spiro atoms. The number of fused-ring (bicyclic) bond motifs is 1. The van der Waals surface area contributed by atoms with Gasteiger partial charge < -0.3 is 0 Å². The molecule has 0 saturated carbocycles. The van der Waals surface area contributed by atoms with Crippen LogP contribution in [-0.4, -0.2) is 0 Å². The Morgan fingerprint density at radius 1 is 0.750 bits per heavy atom. The van der Waals surface area contributed by atoms with Crippen LogP contribution in [0.15, 0.2) is 55.1 Å². The molecule has 0 N–H and O–H groups in total. The summed E-state index contributed by atoms with van der Waals surface area (Å²) >= 11 is 0. The molecule has 0 saturated heterocycles. The summed E-state index contributed by atoms with van der Waals surface area (Å²) in [4.78, 5) is 0. The molecule has 0 bridgehead atoms. The van der Waals surface area contributed by atoms with E-state index >= 15 is 0 Å². The van der Waals surface area contributed by atoms with Gasteiger partial charge in [0.05, 0.1) is 0 Å². The third-order valence-electron chi connectivity index (χ3n) is 3.00. The third-order valence-corrected chi connectivity index (χ3v) is 3.00. The van der Waals surface area contributed by atoms with E-state index in [1.165, 1.54) is 22.3 Å². The first-order chi connectivity index (χ1) is 7.84. The van der Waals surface area contributed by atoms with Crippen LogP contribution in [0, 0.1) is 0 Å². The minimum atomic E-state index is 1.09. The maximum Gasteiger partial charge on any atom is -0.0178 e. The van der Waals surface area contributed by atoms with Gasteiger partial charge in [-0.1, -0.05) is 61.2 Å². The molecule has 0 heterocycles. The average molecular weight is 204 g/mol. The lowest BCUT2D eigenvalue weighted by atomic mass is 9.91. The average Bonchev–Trinajstić information content (AvgIpc) is 2.31. The first kappa shape index (κ1) is 9.17. The fraction of sp³-hybridized carbons (Fsp3) is 0. The van der Waals surface area contributed by atoms with Crippen LogP contribution < -0.4 is 0 Å². The van der Waals surface area contributed by atoms with Gasteiger partial charge in [-0.05, 0) is 33.9 Å². The van der Waals surface area contributed by atoms with Crippen LogP contribution in [0.25, 0.3) is 17.7 Å². The smallest absolute Gasteiger partial charge is 0.0178 e. The summed E-state index contributed by atoms with van der Waals surface area (Å²) in [5.74, 6) is 0. The van der Waals surface area contributed by atoms with Gasteiger partial charge in [-0.3, -0.25) is 0 Å². The van der Waals surface area contributed by atoms with E-state index in [2.05, 4.69) is 49.1 Å². The van der Waals surface area contributed by atoms with Crippen LogP contribution in [-0.2, 0) is 0 Å². The zero-order valence-electron chi connectivity index (χ0n) is 8.98. The van der Waals surface area contributed by atoms with Crippen molar-refractivity contribution >= 4 is 17.7 Å². The van der Waals surface area contributed by atoms with Crippen molar-refractivity contribution in [2.75, 3.05) is 0 Å². The minimum Gasteiger partial charge on any atom is -0.0906 e. The lowest BCUT2D eigenvalue weighted by Crippen LogP contribution is -1.93. The molecule has 2 aromatic carbocycles. The predicted octanol–water partition coefficient (Wildman–Crippen LogP) is 4.23. The molecule has 0 aliphatic heterocycles. The van der Waals surface area contributed by atoms with Crippen LogP contribution in [0.3, 0.4) is 0 Å². The van der Waals surface area contributed by atoms with Crippen LogP contribution in [0.5, 0.6) is 0 Å². The molecule has 0 atom stereocenters. The zero-order chi connectivity index (χ0) is 11.0. The van der Waals surface area contributed by atoms with Crippen molar-refractivity contribution in [3.63, 3.8) is 0 Å². The summed E-state index contributed by atoms with van der Waals surface area (Å²) in [5, 5.41) is 0. The molecule has 0 unspecified atom stereocenters. The number of hydrogen-bond donors (Lipinski definition) is 0. The van der Waals surface area contributed by atoms with E-state index in [1.807, 2.05) is 18.2 Å². The molecule has 16 heavy (non-hydrogen) atoms. The van der Waals surface area contributed by atoms with E-state index in [0.29, 0.717) is 0 Å². The Hall–Kier alpha value is -2.08. The van der Waals surface area contributed by atoms with Crippen molar-refractivity contribution < 1.29 is 0 Å². The highest BCUT2D eigenvalue weighted by Crippen LogP contribution is 2.29. The third kappa shape index (κ3) is 1.40. The largest absolute Gasteiger partial charge is 0.0906 e. The van der Waals surface area contributed by atoms with E-state index in [1.54, 1.807) is 0 Å². The van der Waals surface area contributed by atoms with Crippen molar-refractivity contribution in [2.24, 2.45) is 0 Å². The summed E-state index contributed by atoms with van der Waals surface area (Å²) in [6, 6.07) is 16.8. The van der Waals surface area contributed by atoms with Gasteiger partial charge in [0.15, 0.2) is 0 Å². The Balaban J connectivity index is 1.99. The van der Waals surface area contributed by atoms with Gasteiger partial charge in [0.25, 0.3) is 0 Å². The quantitative estimate of drug-likeness (QED) is 0.586. The molecule has 76 valence electrons. The maximum atomic E-state index is 4.17. The second kappa shape index (κ2) is 3.49. The van der Waals surface area contributed by atoms with E-state index in [9.17, 15) is 0 Å². The topological polar surface area (TPSA) is 0 Å². The lowest BCUT2D eigenvalue weighted by Gasteiger charge is -2.13. The second-order valence-electron chi connectivity index (χ2n) is 4.02. The summed E-state index contributed by atoms with van der Waals surface area (Å²) in [6.45, 7) is 4.17. The Kier molecular flexibility index (Phi) is 2.00. The molecule has 0 amide bonds. The van der Waals surface area contributed by atoms with Crippen molar-refractivity contribution in [3.05, 3.63) is 77.4 Å². The zero-order valence-corrected chi connectivity index (χ0v) is 8.98. The summed E-state index contributed by atoms with van der Waals surface area (Å²) in [5.41, 5.74) is 6.11. The standard InChI is InChI=1S/C16H12/c1-12(13-5-3-2-4-6-13)15-9-7-14-8-10-16(14)11-15/h2-11H,1H2. The van der Waals surface area contributed by atoms with Gasteiger partial charge in [0.1, 0.15) is 0 Å². The molecule has 0 heteroatoms. The highest BCUT2D eigenvalue weighted by atomic mass is 14.1. The first-order valence-electron chi connectivity index (χ1n) is 5.41. The van der Waals surface area contributed by atoms with Crippen molar-refractivity contribution in [1.29, 1.82) is 0 Å². The van der Waals surface area contributed by atoms with Gasteiger partial charge in [0, 0.05) is 0 Å². The molecular weight excluding hydrogens is 192 g/mol. The molecule has 0 fully saturated rings. The number of hydrogen-bond acceptors (Lipinski definition) is 0. The van der Waals surface area contributed by atoms with Gasteiger partial charge in [-0.2, -0.15) is 0 Å². The summed E-state index contributed by atoms with van der Waals surface area (Å²) < 4.78 is 0. The normalized spacial score (nSPS) is 11.8. The molecule has 0 nitrogen and oxygen atoms in total. The molecular formula is C16H12. The highest BCUT2D eigenvalue weighted by Gasteiger charge is 2.08. The molecule has 1 aliphatic carbocycles. The van der Waals surface area contributed by atoms with Gasteiger partial charge in [0.2, 0.25) is 0 Å². The molecule has 2 aromatic rings. The van der Waals surface area contributed by atoms with Crippen molar-refractivity contribution in [2.45, 2.75) is 0 Å². The molecule has 1 aliphatic rings. The van der Waals surface area contributed by atoms with E-state index in [0.717, 1.165) is 5.57 Å². The fourth-order valence-electron chi connectivity index (χ4n) is 1.95. The Morgan fingerprint density at radius 2 is 1.50 bits per heavy atom. The van der Waals surface area contributed by atoms with E-state index in [-0.39, 0.29) is 0 Å². The monoisotopic (exact) mass is 204 g/mol. The first-order valence-corrected chi connectivity index (χ1v) is 5.41.